The molecule has 1 aromatic rings. The maximum absolute atomic E-state index is 11.4. The van der Waals surface area contributed by atoms with Crippen LogP contribution in [0.5, 0.6) is 0 Å². The number of aryl methyl sites for hydroxylation is 1. The zero-order chi connectivity index (χ0) is 14.8. The highest BCUT2D eigenvalue weighted by atomic mass is 32.2. The van der Waals surface area contributed by atoms with Crippen LogP contribution in [0.15, 0.2) is 65.3 Å². The first-order valence-corrected chi connectivity index (χ1v) is 7.96. The van der Waals surface area contributed by atoms with Crippen LogP contribution in [-0.2, 0) is 10.0 Å². The molecule has 0 atom stereocenters. The number of para-hydroxylation sites is 1. The first kappa shape index (κ1) is 14.3. The summed E-state index contributed by atoms with van der Waals surface area (Å²) in [7, 11) is -3.36. The lowest BCUT2D eigenvalue weighted by atomic mass is 10.0. The predicted molar refractivity (Wildman–Crippen MR) is 82.6 cm³/mol. The number of allylic oxidation sites excluding steroid dienone is 4. The van der Waals surface area contributed by atoms with Gasteiger partial charge in [-0.05, 0) is 30.2 Å². The normalized spacial score (nSPS) is 17.2. The largest absolute Gasteiger partial charge is 0.282 e. The predicted octanol–water partition coefficient (Wildman–Crippen LogP) is 2.63. The van der Waals surface area contributed by atoms with E-state index in [2.05, 4.69) is 16.3 Å². The van der Waals surface area contributed by atoms with Crippen molar-refractivity contribution in [3.05, 3.63) is 65.9 Å². The smallest absolute Gasteiger partial charge is 0.229 e. The Labute approximate surface area is 119 Å². The highest BCUT2D eigenvalue weighted by Crippen LogP contribution is 2.22. The van der Waals surface area contributed by atoms with Crippen LogP contribution in [0.3, 0.4) is 0 Å². The molecule has 1 N–H and O–H groups in total. The molecule has 20 heavy (non-hydrogen) atoms. The molecule has 0 fully saturated rings. The van der Waals surface area contributed by atoms with Crippen LogP contribution in [0.4, 0.5) is 5.69 Å². The molecular formula is C15H16N2O2S. The number of hydrogen-bond donors (Lipinski definition) is 1. The van der Waals surface area contributed by atoms with Gasteiger partial charge in [0, 0.05) is 0 Å². The summed E-state index contributed by atoms with van der Waals surface area (Å²) >= 11 is 0. The van der Waals surface area contributed by atoms with Crippen molar-refractivity contribution in [3.8, 4) is 0 Å². The van der Waals surface area contributed by atoms with Crippen molar-refractivity contribution in [3.63, 3.8) is 0 Å². The van der Waals surface area contributed by atoms with E-state index >= 15 is 0 Å². The van der Waals surface area contributed by atoms with Gasteiger partial charge in [0.1, 0.15) is 0 Å². The maximum Gasteiger partial charge on any atom is 0.229 e. The number of nitrogens with one attached hydrogen (secondary N) is 1. The van der Waals surface area contributed by atoms with E-state index in [9.17, 15) is 8.42 Å². The fourth-order valence-electron chi connectivity index (χ4n) is 1.81. The second-order valence-corrected chi connectivity index (χ2v) is 6.33. The van der Waals surface area contributed by atoms with Gasteiger partial charge in [0.05, 0.1) is 23.4 Å². The standard InChI is InChI=1S/C15H16N2O2S/c1-11-7-4-5-9-13(11)16-15-12(2)8-6-10-14(15)17-20(3,18)19/h4-10,17H,2H2,1,3H3. The highest BCUT2D eigenvalue weighted by Gasteiger charge is 2.16. The van der Waals surface area contributed by atoms with E-state index in [-0.39, 0.29) is 0 Å². The molecule has 0 saturated heterocycles. The van der Waals surface area contributed by atoms with E-state index in [1.165, 1.54) is 0 Å². The Kier molecular flexibility index (Phi) is 3.90. The zero-order valence-corrected chi connectivity index (χ0v) is 12.2. The molecule has 4 nitrogen and oxygen atoms in total. The Morgan fingerprint density at radius 3 is 2.60 bits per heavy atom. The van der Waals surface area contributed by atoms with E-state index in [1.807, 2.05) is 31.2 Å². The van der Waals surface area contributed by atoms with Gasteiger partial charge in [-0.1, -0.05) is 36.9 Å². The molecule has 1 aliphatic rings. The van der Waals surface area contributed by atoms with Gasteiger partial charge in [0.15, 0.2) is 0 Å². The van der Waals surface area contributed by atoms with E-state index in [0.717, 1.165) is 17.5 Å². The number of nitrogens with zero attached hydrogens (tertiary/aromatic N) is 1. The zero-order valence-electron chi connectivity index (χ0n) is 11.4. The van der Waals surface area contributed by atoms with E-state index in [4.69, 9.17) is 0 Å². The molecule has 1 aliphatic carbocycles. The number of hydrogen-bond acceptors (Lipinski definition) is 3. The summed E-state index contributed by atoms with van der Waals surface area (Å²) in [5, 5.41) is 0. The fourth-order valence-corrected chi connectivity index (χ4v) is 2.38. The minimum Gasteiger partial charge on any atom is -0.282 e. The van der Waals surface area contributed by atoms with Gasteiger partial charge in [-0.15, -0.1) is 0 Å². The van der Waals surface area contributed by atoms with Gasteiger partial charge in [-0.3, -0.25) is 4.72 Å². The van der Waals surface area contributed by atoms with Crippen molar-refractivity contribution >= 4 is 21.4 Å². The molecule has 0 bridgehead atoms. The average molecular weight is 288 g/mol. The van der Waals surface area contributed by atoms with Crippen LogP contribution < -0.4 is 4.72 Å². The number of rotatable bonds is 3. The lowest BCUT2D eigenvalue weighted by Gasteiger charge is -2.15. The Bertz CT molecular complexity index is 741. The molecule has 5 heteroatoms. The molecule has 0 unspecified atom stereocenters. The van der Waals surface area contributed by atoms with Gasteiger partial charge in [0.25, 0.3) is 0 Å². The Morgan fingerprint density at radius 2 is 1.95 bits per heavy atom. The van der Waals surface area contributed by atoms with Crippen molar-refractivity contribution in [1.29, 1.82) is 0 Å². The minimum atomic E-state index is -3.36. The quantitative estimate of drug-likeness (QED) is 0.929. The van der Waals surface area contributed by atoms with E-state index in [1.54, 1.807) is 18.2 Å². The van der Waals surface area contributed by atoms with E-state index in [0.29, 0.717) is 17.0 Å². The topological polar surface area (TPSA) is 58.5 Å². The summed E-state index contributed by atoms with van der Waals surface area (Å²) < 4.78 is 25.3. The second kappa shape index (κ2) is 5.46. The van der Waals surface area contributed by atoms with Crippen LogP contribution >= 0.6 is 0 Å². The number of sulfonamides is 1. The number of aliphatic imine (C=N–C) groups is 1. The molecule has 0 amide bonds. The summed E-state index contributed by atoms with van der Waals surface area (Å²) in [4.78, 5) is 4.53. The third kappa shape index (κ3) is 3.45. The molecule has 0 aliphatic heterocycles. The van der Waals surface area contributed by atoms with Crippen molar-refractivity contribution in [1.82, 2.24) is 4.72 Å². The van der Waals surface area contributed by atoms with Crippen LogP contribution in [-0.4, -0.2) is 20.4 Å². The number of benzene rings is 1. The van der Waals surface area contributed by atoms with Gasteiger partial charge >= 0.3 is 0 Å². The third-order valence-corrected chi connectivity index (χ3v) is 3.35. The van der Waals surface area contributed by atoms with Crippen LogP contribution in [0.25, 0.3) is 0 Å². The average Bonchev–Trinajstić information content (AvgIpc) is 2.34. The van der Waals surface area contributed by atoms with E-state index < -0.39 is 10.0 Å². The van der Waals surface area contributed by atoms with Gasteiger partial charge in [-0.25, -0.2) is 13.4 Å². The molecule has 0 saturated carbocycles. The fraction of sp³-hybridized carbons (Fsp3) is 0.133. The van der Waals surface area contributed by atoms with Crippen LogP contribution in [0.2, 0.25) is 0 Å². The monoisotopic (exact) mass is 288 g/mol. The minimum absolute atomic E-state index is 0.434. The van der Waals surface area contributed by atoms with Crippen molar-refractivity contribution in [2.45, 2.75) is 6.92 Å². The Balaban J connectivity index is 2.47. The van der Waals surface area contributed by atoms with Crippen molar-refractivity contribution in [2.75, 3.05) is 6.26 Å². The Morgan fingerprint density at radius 1 is 1.25 bits per heavy atom. The summed E-state index contributed by atoms with van der Waals surface area (Å²) in [6.07, 6.45) is 6.32. The van der Waals surface area contributed by atoms with Crippen LogP contribution in [0, 0.1) is 6.92 Å². The summed E-state index contributed by atoms with van der Waals surface area (Å²) in [6.45, 7) is 5.86. The van der Waals surface area contributed by atoms with Crippen molar-refractivity contribution in [2.24, 2.45) is 4.99 Å². The summed E-state index contributed by atoms with van der Waals surface area (Å²) in [6, 6.07) is 7.65. The summed E-state index contributed by atoms with van der Waals surface area (Å²) in [5.74, 6) is 0. The lowest BCUT2D eigenvalue weighted by Crippen LogP contribution is -2.27. The van der Waals surface area contributed by atoms with Crippen LogP contribution in [0.1, 0.15) is 5.56 Å². The molecule has 0 aromatic heterocycles. The molecular weight excluding hydrogens is 272 g/mol. The molecule has 0 heterocycles. The molecule has 0 radical (unpaired) electrons. The first-order valence-electron chi connectivity index (χ1n) is 6.07. The first-order chi connectivity index (χ1) is 9.37. The Hall–Kier alpha value is -2.14. The SMILES string of the molecule is C=C1C=CC=C(NS(C)(=O)=O)C1=Nc1ccccc1C. The highest BCUT2D eigenvalue weighted by molar-refractivity contribution is 7.88. The third-order valence-electron chi connectivity index (χ3n) is 2.76. The molecule has 0 spiro atoms. The van der Waals surface area contributed by atoms with Crippen molar-refractivity contribution < 1.29 is 8.42 Å². The maximum atomic E-state index is 11.4. The summed E-state index contributed by atoms with van der Waals surface area (Å²) in [5.41, 5.74) is 3.44. The van der Waals surface area contributed by atoms with Gasteiger partial charge in [0.2, 0.25) is 10.0 Å². The lowest BCUT2D eigenvalue weighted by molar-refractivity contribution is 0.596. The molecule has 104 valence electrons. The molecule has 2 rings (SSSR count). The molecule has 1 aromatic carbocycles. The van der Waals surface area contributed by atoms with Gasteiger partial charge in [-0.2, -0.15) is 0 Å². The van der Waals surface area contributed by atoms with Gasteiger partial charge < -0.3 is 0 Å². The second-order valence-electron chi connectivity index (χ2n) is 4.59.